The summed E-state index contributed by atoms with van der Waals surface area (Å²) in [7, 11) is 1.73. The number of hydrogen-bond acceptors (Lipinski definition) is 6. The summed E-state index contributed by atoms with van der Waals surface area (Å²) in [5, 5.41) is 0.614. The van der Waals surface area contributed by atoms with Gasteiger partial charge < -0.3 is 14.4 Å². The third-order valence-corrected chi connectivity index (χ3v) is 5.34. The third kappa shape index (κ3) is 5.60. The molecule has 0 aliphatic rings. The minimum absolute atomic E-state index is 0.0783. The number of carbonyl (C=O) groups excluding carboxylic acids is 1. The van der Waals surface area contributed by atoms with Gasteiger partial charge in [0, 0.05) is 25.9 Å². The maximum Gasteiger partial charge on any atom is 0.410 e. The first-order chi connectivity index (χ1) is 14.2. The van der Waals surface area contributed by atoms with Gasteiger partial charge in [-0.2, -0.15) is 0 Å². The number of aromatic nitrogens is 2. The molecule has 3 aromatic rings. The number of ether oxygens (including phenoxy) is 2. The molecule has 160 valence electrons. The molecule has 0 bridgehead atoms. The van der Waals surface area contributed by atoms with Crippen LogP contribution in [0.15, 0.2) is 47.4 Å². The van der Waals surface area contributed by atoms with Crippen LogP contribution >= 0.6 is 11.5 Å². The monoisotopic (exact) mass is 429 g/mol. The van der Waals surface area contributed by atoms with Crippen molar-refractivity contribution in [3.63, 3.8) is 0 Å². The maximum atomic E-state index is 12.6. The summed E-state index contributed by atoms with van der Waals surface area (Å²) in [4.78, 5) is 31.1. The SMILES string of the molecule is CN(CCCCOc1cccc(-n2sc3ncccc3c2=O)c1)C(=O)OC(C)(C)C. The highest BCUT2D eigenvalue weighted by molar-refractivity contribution is 7.13. The number of rotatable bonds is 7. The summed E-state index contributed by atoms with van der Waals surface area (Å²) < 4.78 is 12.8. The highest BCUT2D eigenvalue weighted by Gasteiger charge is 2.19. The van der Waals surface area contributed by atoms with Crippen LogP contribution in [0.5, 0.6) is 5.75 Å². The standard InChI is InChI=1S/C22H27N3O4S/c1-22(2,3)29-21(27)24(4)13-5-6-14-28-17-10-7-9-16(15-17)25-20(26)18-11-8-12-23-19(18)30-25/h7-12,15H,5-6,13-14H2,1-4H3. The normalized spacial score (nSPS) is 11.5. The highest BCUT2D eigenvalue weighted by Crippen LogP contribution is 2.21. The van der Waals surface area contributed by atoms with Crippen LogP contribution in [-0.4, -0.2) is 45.7 Å². The van der Waals surface area contributed by atoms with Gasteiger partial charge in [0.15, 0.2) is 0 Å². The lowest BCUT2D eigenvalue weighted by Gasteiger charge is -2.24. The zero-order chi connectivity index (χ0) is 21.7. The Hall–Kier alpha value is -2.87. The number of benzene rings is 1. The van der Waals surface area contributed by atoms with Crippen LogP contribution < -0.4 is 10.3 Å². The van der Waals surface area contributed by atoms with Gasteiger partial charge in [-0.05, 0) is 69.4 Å². The zero-order valence-electron chi connectivity index (χ0n) is 17.8. The lowest BCUT2D eigenvalue weighted by atomic mass is 10.2. The lowest BCUT2D eigenvalue weighted by Crippen LogP contribution is -2.34. The van der Waals surface area contributed by atoms with Gasteiger partial charge >= 0.3 is 6.09 Å². The smallest absolute Gasteiger partial charge is 0.410 e. The fourth-order valence-electron chi connectivity index (χ4n) is 2.81. The second kappa shape index (κ2) is 9.30. The molecular formula is C22H27N3O4S. The molecule has 0 fully saturated rings. The van der Waals surface area contributed by atoms with Crippen molar-refractivity contribution in [1.82, 2.24) is 13.8 Å². The van der Waals surface area contributed by atoms with Crippen molar-refractivity contribution in [2.75, 3.05) is 20.2 Å². The van der Waals surface area contributed by atoms with E-state index in [2.05, 4.69) is 4.98 Å². The molecule has 2 aromatic heterocycles. The molecule has 2 heterocycles. The van der Waals surface area contributed by atoms with E-state index >= 15 is 0 Å². The van der Waals surface area contributed by atoms with E-state index in [1.807, 2.05) is 45.0 Å². The number of nitrogens with zero attached hydrogens (tertiary/aromatic N) is 3. The van der Waals surface area contributed by atoms with E-state index in [1.165, 1.54) is 11.5 Å². The van der Waals surface area contributed by atoms with E-state index in [-0.39, 0.29) is 11.7 Å². The predicted octanol–water partition coefficient (Wildman–Crippen LogP) is 4.47. The average molecular weight is 430 g/mol. The Labute approximate surface area is 180 Å². The Bertz CT molecular complexity index is 1070. The second-order valence-electron chi connectivity index (χ2n) is 8.00. The molecule has 3 rings (SSSR count). The average Bonchev–Trinajstić information content (AvgIpc) is 3.03. The molecule has 7 nitrogen and oxygen atoms in total. The predicted molar refractivity (Wildman–Crippen MR) is 119 cm³/mol. The number of carbonyl (C=O) groups is 1. The molecule has 0 atom stereocenters. The fraction of sp³-hybridized carbons (Fsp3) is 0.409. The van der Waals surface area contributed by atoms with Crippen LogP contribution in [0.4, 0.5) is 4.79 Å². The first kappa shape index (κ1) is 21.8. The van der Waals surface area contributed by atoms with Gasteiger partial charge in [0.1, 0.15) is 16.2 Å². The Morgan fingerprint density at radius 1 is 1.20 bits per heavy atom. The molecule has 8 heteroatoms. The van der Waals surface area contributed by atoms with Crippen LogP contribution in [0.1, 0.15) is 33.6 Å². The minimum Gasteiger partial charge on any atom is -0.494 e. The Morgan fingerprint density at radius 3 is 2.73 bits per heavy atom. The van der Waals surface area contributed by atoms with Crippen molar-refractivity contribution in [1.29, 1.82) is 0 Å². The molecule has 0 aliphatic carbocycles. The second-order valence-corrected chi connectivity index (χ2v) is 8.94. The summed E-state index contributed by atoms with van der Waals surface area (Å²) in [5.41, 5.74) is 0.182. The summed E-state index contributed by atoms with van der Waals surface area (Å²) >= 11 is 1.32. The van der Waals surface area contributed by atoms with Crippen LogP contribution in [0.2, 0.25) is 0 Å². The molecule has 1 aromatic carbocycles. The van der Waals surface area contributed by atoms with Gasteiger partial charge in [0.25, 0.3) is 5.56 Å². The van der Waals surface area contributed by atoms with Crippen molar-refractivity contribution in [3.8, 4) is 11.4 Å². The van der Waals surface area contributed by atoms with Gasteiger partial charge in [-0.1, -0.05) is 6.07 Å². The van der Waals surface area contributed by atoms with Crippen molar-refractivity contribution >= 4 is 27.8 Å². The summed E-state index contributed by atoms with van der Waals surface area (Å²) in [6.07, 6.45) is 2.96. The topological polar surface area (TPSA) is 73.7 Å². The Morgan fingerprint density at radius 2 is 2.00 bits per heavy atom. The number of unbranched alkanes of at least 4 members (excludes halogenated alkanes) is 1. The van der Waals surface area contributed by atoms with Gasteiger partial charge in [-0.25, -0.2) is 13.7 Å². The number of amides is 1. The van der Waals surface area contributed by atoms with Crippen molar-refractivity contribution in [2.24, 2.45) is 0 Å². The van der Waals surface area contributed by atoms with Crippen molar-refractivity contribution < 1.29 is 14.3 Å². The summed E-state index contributed by atoms with van der Waals surface area (Å²) in [5.74, 6) is 0.699. The number of fused-ring (bicyclic) bond motifs is 1. The van der Waals surface area contributed by atoms with E-state index in [1.54, 1.807) is 34.2 Å². The number of pyridine rings is 1. The van der Waals surface area contributed by atoms with Gasteiger partial charge in [0.05, 0.1) is 17.7 Å². The highest BCUT2D eigenvalue weighted by atomic mass is 32.1. The minimum atomic E-state index is -0.494. The maximum absolute atomic E-state index is 12.6. The van der Waals surface area contributed by atoms with E-state index < -0.39 is 5.60 Å². The van der Waals surface area contributed by atoms with Gasteiger partial charge in [-0.15, -0.1) is 0 Å². The molecule has 30 heavy (non-hydrogen) atoms. The van der Waals surface area contributed by atoms with Gasteiger partial charge in [-0.3, -0.25) is 4.79 Å². The first-order valence-electron chi connectivity index (χ1n) is 9.89. The molecule has 0 unspecified atom stereocenters. The molecule has 0 aliphatic heterocycles. The summed E-state index contributed by atoms with van der Waals surface area (Å²) in [6, 6.07) is 11.0. The van der Waals surface area contributed by atoms with E-state index in [9.17, 15) is 9.59 Å². The molecule has 0 saturated carbocycles. The molecule has 1 amide bonds. The Kier molecular flexibility index (Phi) is 6.77. The van der Waals surface area contributed by atoms with E-state index in [0.29, 0.717) is 29.1 Å². The third-order valence-electron chi connectivity index (χ3n) is 4.28. The summed E-state index contributed by atoms with van der Waals surface area (Å²) in [6.45, 7) is 6.68. The lowest BCUT2D eigenvalue weighted by molar-refractivity contribution is 0.0294. The largest absolute Gasteiger partial charge is 0.494 e. The molecule has 0 saturated heterocycles. The Balaban J connectivity index is 1.52. The fourth-order valence-corrected chi connectivity index (χ4v) is 3.74. The van der Waals surface area contributed by atoms with Crippen molar-refractivity contribution in [2.45, 2.75) is 39.2 Å². The van der Waals surface area contributed by atoms with Crippen LogP contribution in [0, 0.1) is 0 Å². The van der Waals surface area contributed by atoms with Crippen LogP contribution in [0.25, 0.3) is 15.9 Å². The number of hydrogen-bond donors (Lipinski definition) is 0. The molecule has 0 N–H and O–H groups in total. The molecular weight excluding hydrogens is 402 g/mol. The zero-order valence-corrected chi connectivity index (χ0v) is 18.6. The molecule has 0 radical (unpaired) electrons. The quantitative estimate of drug-likeness (QED) is 0.518. The van der Waals surface area contributed by atoms with E-state index in [4.69, 9.17) is 9.47 Å². The van der Waals surface area contributed by atoms with E-state index in [0.717, 1.165) is 18.5 Å². The molecule has 0 spiro atoms. The van der Waals surface area contributed by atoms with Crippen molar-refractivity contribution in [3.05, 3.63) is 52.9 Å². The van der Waals surface area contributed by atoms with Crippen LogP contribution in [-0.2, 0) is 4.74 Å². The first-order valence-corrected chi connectivity index (χ1v) is 10.7. The van der Waals surface area contributed by atoms with Crippen LogP contribution in [0.3, 0.4) is 0 Å². The van der Waals surface area contributed by atoms with Gasteiger partial charge in [0.2, 0.25) is 0 Å².